The van der Waals surface area contributed by atoms with Crippen molar-refractivity contribution >= 4 is 16.7 Å². The number of hydrogen-bond donors (Lipinski definition) is 1. The van der Waals surface area contributed by atoms with Gasteiger partial charge in [0.25, 0.3) is 0 Å². The summed E-state index contributed by atoms with van der Waals surface area (Å²) >= 11 is 0. The first kappa shape index (κ1) is 21.4. The zero-order chi connectivity index (χ0) is 21.5. The number of aliphatic imine (C=N–C) groups is 1. The monoisotopic (exact) mass is 418 g/mol. The van der Waals surface area contributed by atoms with Crippen LogP contribution in [0.1, 0.15) is 24.2 Å². The molecule has 0 atom stereocenters. The number of hydrogen-bond acceptors (Lipinski definition) is 3. The van der Waals surface area contributed by atoms with Crippen molar-refractivity contribution in [2.24, 2.45) is 4.99 Å². The smallest absolute Gasteiger partial charge is 0.193 e. The molecule has 0 bridgehead atoms. The Labute approximate surface area is 185 Å². The molecule has 1 fully saturated rings. The fraction of sp³-hybridized carbons (Fsp3) is 0.440. The number of nitrogens with one attached hydrogen (secondary N) is 1. The molecule has 0 spiro atoms. The maximum Gasteiger partial charge on any atom is 0.193 e. The lowest BCUT2D eigenvalue weighted by molar-refractivity contribution is 0.173. The second-order valence-corrected chi connectivity index (χ2v) is 8.25. The average Bonchev–Trinajstić information content (AvgIpc) is 3.22. The van der Waals surface area contributed by atoms with Gasteiger partial charge in [-0.25, -0.2) is 4.98 Å². The summed E-state index contributed by atoms with van der Waals surface area (Å²) in [6.07, 6.45) is 6.19. The minimum absolute atomic E-state index is 0.955. The normalized spacial score (nSPS) is 15.5. The van der Waals surface area contributed by atoms with Crippen molar-refractivity contribution in [2.45, 2.75) is 32.9 Å². The van der Waals surface area contributed by atoms with Crippen molar-refractivity contribution in [3.63, 3.8) is 0 Å². The number of unbranched alkanes of at least 4 members (excludes halogenated alkanes) is 1. The first-order chi connectivity index (χ1) is 15.2. The van der Waals surface area contributed by atoms with Crippen LogP contribution >= 0.6 is 0 Å². The fourth-order valence-corrected chi connectivity index (χ4v) is 4.37. The predicted molar refractivity (Wildman–Crippen MR) is 128 cm³/mol. The SMILES string of the molecule is CN=C(NCCCCn1ccnc1C)N1CCN(Cc2cccc3ccccc23)CC1. The summed E-state index contributed by atoms with van der Waals surface area (Å²) in [6, 6.07) is 15.3. The Morgan fingerprint density at radius 2 is 1.84 bits per heavy atom. The Balaban J connectivity index is 1.21. The van der Waals surface area contributed by atoms with Crippen molar-refractivity contribution in [3.8, 4) is 0 Å². The molecule has 0 unspecified atom stereocenters. The fourth-order valence-electron chi connectivity index (χ4n) is 4.37. The number of benzene rings is 2. The average molecular weight is 419 g/mol. The number of piperazine rings is 1. The van der Waals surface area contributed by atoms with Gasteiger partial charge >= 0.3 is 0 Å². The van der Waals surface area contributed by atoms with Crippen molar-refractivity contribution in [1.82, 2.24) is 24.7 Å². The molecule has 1 aromatic heterocycles. The van der Waals surface area contributed by atoms with E-state index in [-0.39, 0.29) is 0 Å². The Kier molecular flexibility index (Phi) is 7.20. The van der Waals surface area contributed by atoms with E-state index in [1.807, 2.05) is 13.2 Å². The molecule has 1 aliphatic rings. The van der Waals surface area contributed by atoms with Crippen LogP contribution in [0, 0.1) is 6.92 Å². The van der Waals surface area contributed by atoms with Gasteiger partial charge in [-0.15, -0.1) is 0 Å². The lowest BCUT2D eigenvalue weighted by Crippen LogP contribution is -2.52. The third kappa shape index (κ3) is 5.44. The van der Waals surface area contributed by atoms with Crippen molar-refractivity contribution in [3.05, 3.63) is 66.2 Å². The highest BCUT2D eigenvalue weighted by Gasteiger charge is 2.20. The Bertz CT molecular complexity index is 995. The van der Waals surface area contributed by atoms with Crippen LogP contribution in [0.2, 0.25) is 0 Å². The molecule has 6 heteroatoms. The molecule has 0 radical (unpaired) electrons. The van der Waals surface area contributed by atoms with E-state index in [1.165, 1.54) is 16.3 Å². The van der Waals surface area contributed by atoms with Gasteiger partial charge in [-0.3, -0.25) is 9.89 Å². The van der Waals surface area contributed by atoms with Crippen LogP contribution in [-0.4, -0.2) is 65.1 Å². The number of nitrogens with zero attached hydrogens (tertiary/aromatic N) is 5. The minimum Gasteiger partial charge on any atom is -0.356 e. The molecular formula is C25H34N6. The number of rotatable bonds is 7. The van der Waals surface area contributed by atoms with E-state index in [4.69, 9.17) is 0 Å². The van der Waals surface area contributed by atoms with Gasteiger partial charge < -0.3 is 14.8 Å². The minimum atomic E-state index is 0.955. The lowest BCUT2D eigenvalue weighted by Gasteiger charge is -2.36. The van der Waals surface area contributed by atoms with E-state index in [0.717, 1.165) is 70.4 Å². The van der Waals surface area contributed by atoms with Gasteiger partial charge in [-0.2, -0.15) is 0 Å². The van der Waals surface area contributed by atoms with E-state index >= 15 is 0 Å². The molecule has 1 aliphatic heterocycles. The van der Waals surface area contributed by atoms with Crippen LogP contribution in [-0.2, 0) is 13.1 Å². The van der Waals surface area contributed by atoms with Crippen LogP contribution in [0.5, 0.6) is 0 Å². The summed E-state index contributed by atoms with van der Waals surface area (Å²) in [6.45, 7) is 9.19. The van der Waals surface area contributed by atoms with E-state index in [1.54, 1.807) is 0 Å². The zero-order valence-corrected chi connectivity index (χ0v) is 18.8. The molecule has 6 nitrogen and oxygen atoms in total. The molecule has 4 rings (SSSR count). The number of fused-ring (bicyclic) bond motifs is 1. The van der Waals surface area contributed by atoms with Gasteiger partial charge in [0.1, 0.15) is 5.82 Å². The van der Waals surface area contributed by atoms with E-state index in [0.29, 0.717) is 0 Å². The summed E-state index contributed by atoms with van der Waals surface area (Å²) in [5.41, 5.74) is 1.42. The molecule has 2 aromatic carbocycles. The van der Waals surface area contributed by atoms with Crippen molar-refractivity contribution < 1.29 is 0 Å². The maximum absolute atomic E-state index is 4.52. The van der Waals surface area contributed by atoms with Gasteiger partial charge in [-0.1, -0.05) is 42.5 Å². The summed E-state index contributed by atoms with van der Waals surface area (Å²) in [7, 11) is 1.89. The Hall–Kier alpha value is -2.86. The lowest BCUT2D eigenvalue weighted by atomic mass is 10.0. The highest BCUT2D eigenvalue weighted by Crippen LogP contribution is 2.20. The van der Waals surface area contributed by atoms with Gasteiger partial charge in [0, 0.05) is 65.3 Å². The van der Waals surface area contributed by atoms with E-state index in [2.05, 4.69) is 85.2 Å². The van der Waals surface area contributed by atoms with Crippen LogP contribution in [0.4, 0.5) is 0 Å². The molecule has 0 saturated carbocycles. The quantitative estimate of drug-likeness (QED) is 0.362. The van der Waals surface area contributed by atoms with Crippen LogP contribution < -0.4 is 5.32 Å². The first-order valence-corrected chi connectivity index (χ1v) is 11.4. The second kappa shape index (κ2) is 10.4. The van der Waals surface area contributed by atoms with Gasteiger partial charge in [0.05, 0.1) is 0 Å². The van der Waals surface area contributed by atoms with Crippen molar-refractivity contribution in [2.75, 3.05) is 39.8 Å². The number of aromatic nitrogens is 2. The molecule has 2 heterocycles. The molecule has 3 aromatic rings. The molecule has 31 heavy (non-hydrogen) atoms. The summed E-state index contributed by atoms with van der Waals surface area (Å²) in [4.78, 5) is 13.7. The first-order valence-electron chi connectivity index (χ1n) is 11.4. The van der Waals surface area contributed by atoms with Crippen molar-refractivity contribution in [1.29, 1.82) is 0 Å². The molecule has 1 saturated heterocycles. The molecule has 0 aliphatic carbocycles. The molecular weight excluding hydrogens is 384 g/mol. The highest BCUT2D eigenvalue weighted by atomic mass is 15.3. The number of imidazole rings is 1. The maximum atomic E-state index is 4.52. The van der Waals surface area contributed by atoms with Gasteiger partial charge in [0.15, 0.2) is 5.96 Å². The van der Waals surface area contributed by atoms with Crippen LogP contribution in [0.3, 0.4) is 0 Å². The third-order valence-electron chi connectivity index (χ3n) is 6.19. The Morgan fingerprint density at radius 1 is 1.03 bits per heavy atom. The summed E-state index contributed by atoms with van der Waals surface area (Å²) in [5, 5.41) is 6.25. The van der Waals surface area contributed by atoms with E-state index in [9.17, 15) is 0 Å². The van der Waals surface area contributed by atoms with Crippen LogP contribution in [0.15, 0.2) is 59.9 Å². The van der Waals surface area contributed by atoms with Crippen LogP contribution in [0.25, 0.3) is 10.8 Å². The largest absolute Gasteiger partial charge is 0.356 e. The van der Waals surface area contributed by atoms with E-state index < -0.39 is 0 Å². The highest BCUT2D eigenvalue weighted by molar-refractivity contribution is 5.85. The standard InChI is InChI=1S/C25H34N6/c1-21-27-13-15-30(21)14-6-5-12-28-25(26-2)31-18-16-29(17-19-31)20-23-10-7-9-22-8-3-4-11-24(22)23/h3-4,7-11,13,15H,5-6,12,14,16-20H2,1-2H3,(H,26,28). The number of aryl methyl sites for hydroxylation is 2. The summed E-state index contributed by atoms with van der Waals surface area (Å²) in [5.74, 6) is 2.12. The predicted octanol–water partition coefficient (Wildman–Crippen LogP) is 3.52. The number of guanidine groups is 1. The Morgan fingerprint density at radius 3 is 2.61 bits per heavy atom. The van der Waals surface area contributed by atoms with Gasteiger partial charge in [-0.05, 0) is 36.1 Å². The molecule has 1 N–H and O–H groups in total. The topological polar surface area (TPSA) is 48.7 Å². The zero-order valence-electron chi connectivity index (χ0n) is 18.8. The third-order valence-corrected chi connectivity index (χ3v) is 6.19. The second-order valence-electron chi connectivity index (χ2n) is 8.25. The molecule has 0 amide bonds. The van der Waals surface area contributed by atoms with Gasteiger partial charge in [0.2, 0.25) is 0 Å². The summed E-state index contributed by atoms with van der Waals surface area (Å²) < 4.78 is 2.21. The molecule has 164 valence electrons.